The lowest BCUT2D eigenvalue weighted by molar-refractivity contribution is 0.605. The van der Waals surface area contributed by atoms with E-state index in [9.17, 15) is 4.79 Å². The fourth-order valence-electron chi connectivity index (χ4n) is 2.27. The summed E-state index contributed by atoms with van der Waals surface area (Å²) in [6.07, 6.45) is 8.46. The van der Waals surface area contributed by atoms with Crippen LogP contribution in [0.15, 0.2) is 9.27 Å². The van der Waals surface area contributed by atoms with E-state index < -0.39 is 0 Å². The van der Waals surface area contributed by atoms with Gasteiger partial charge in [-0.1, -0.05) is 39.0 Å². The van der Waals surface area contributed by atoms with E-state index in [2.05, 4.69) is 27.8 Å². The second-order valence-corrected chi connectivity index (χ2v) is 5.81. The summed E-state index contributed by atoms with van der Waals surface area (Å²) < 4.78 is 0.689. The summed E-state index contributed by atoms with van der Waals surface area (Å²) in [5, 5.41) is 0. The zero-order valence-corrected chi connectivity index (χ0v) is 13.3. The van der Waals surface area contributed by atoms with Gasteiger partial charge in [-0.25, -0.2) is 0 Å². The van der Waals surface area contributed by atoms with Crippen LogP contribution < -0.4 is 5.43 Å². The zero-order valence-electron chi connectivity index (χ0n) is 11.7. The molecule has 0 unspecified atom stereocenters. The van der Waals surface area contributed by atoms with Gasteiger partial charge in [0, 0.05) is 17.0 Å². The summed E-state index contributed by atoms with van der Waals surface area (Å²) in [4.78, 5) is 15.4. The Kier molecular flexibility index (Phi) is 6.69. The van der Waals surface area contributed by atoms with Crippen molar-refractivity contribution < 1.29 is 0 Å². The molecule has 1 N–H and O–H groups in total. The van der Waals surface area contributed by atoms with Crippen LogP contribution >= 0.6 is 15.9 Å². The van der Waals surface area contributed by atoms with Gasteiger partial charge in [0.25, 0.3) is 0 Å². The number of aromatic nitrogens is 1. The smallest absolute Gasteiger partial charge is 0.199 e. The molecule has 18 heavy (non-hydrogen) atoms. The number of hydrogen-bond donors (Lipinski definition) is 1. The van der Waals surface area contributed by atoms with Crippen LogP contribution in [0.1, 0.15) is 62.4 Å². The SMILES string of the molecule is CCCCCCCCc1c(C)[nH]c(C)c(Br)c1=O. The molecule has 3 heteroatoms. The van der Waals surface area contributed by atoms with E-state index in [1.165, 1.54) is 32.1 Å². The minimum atomic E-state index is 0.164. The number of hydrogen-bond acceptors (Lipinski definition) is 1. The Bertz CT molecular complexity index is 437. The third-order valence-electron chi connectivity index (χ3n) is 3.41. The molecule has 0 atom stereocenters. The fraction of sp³-hybridized carbons (Fsp3) is 0.667. The second kappa shape index (κ2) is 7.78. The number of aryl methyl sites for hydroxylation is 2. The Hall–Kier alpha value is -0.570. The molecule has 0 radical (unpaired) electrons. The Balaban J connectivity index is 2.53. The zero-order chi connectivity index (χ0) is 13.5. The summed E-state index contributed by atoms with van der Waals surface area (Å²) in [5.41, 5.74) is 3.05. The lowest BCUT2D eigenvalue weighted by Gasteiger charge is -2.08. The number of aromatic amines is 1. The van der Waals surface area contributed by atoms with Gasteiger partial charge < -0.3 is 4.98 Å². The lowest BCUT2D eigenvalue weighted by atomic mass is 10.0. The quantitative estimate of drug-likeness (QED) is 0.730. The van der Waals surface area contributed by atoms with Crippen molar-refractivity contribution in [2.45, 2.75) is 65.7 Å². The number of halogens is 1. The largest absolute Gasteiger partial charge is 0.361 e. The third kappa shape index (κ3) is 4.27. The maximum Gasteiger partial charge on any atom is 0.199 e. The Morgan fingerprint density at radius 3 is 2.28 bits per heavy atom. The minimum absolute atomic E-state index is 0.164. The first-order chi connectivity index (χ1) is 8.57. The number of rotatable bonds is 7. The molecule has 0 bridgehead atoms. The predicted octanol–water partition coefficient (Wildman–Crippen LogP) is 4.66. The number of pyridine rings is 1. The molecule has 0 saturated heterocycles. The van der Waals surface area contributed by atoms with E-state index >= 15 is 0 Å². The van der Waals surface area contributed by atoms with E-state index in [1.54, 1.807) is 0 Å². The normalized spacial score (nSPS) is 10.9. The highest BCUT2D eigenvalue weighted by atomic mass is 79.9. The molecule has 0 aliphatic rings. The first-order valence-electron chi connectivity index (χ1n) is 6.95. The van der Waals surface area contributed by atoms with Crippen molar-refractivity contribution >= 4 is 15.9 Å². The van der Waals surface area contributed by atoms with Gasteiger partial charge >= 0.3 is 0 Å². The second-order valence-electron chi connectivity index (χ2n) is 5.01. The van der Waals surface area contributed by atoms with Crippen LogP contribution in [0.4, 0.5) is 0 Å². The van der Waals surface area contributed by atoms with Gasteiger partial charge in [-0.15, -0.1) is 0 Å². The van der Waals surface area contributed by atoms with Crippen molar-refractivity contribution in [3.8, 4) is 0 Å². The topological polar surface area (TPSA) is 32.9 Å². The van der Waals surface area contributed by atoms with Gasteiger partial charge in [-0.05, 0) is 42.6 Å². The van der Waals surface area contributed by atoms with E-state index in [1.807, 2.05) is 13.8 Å². The van der Waals surface area contributed by atoms with Crippen molar-refractivity contribution in [3.63, 3.8) is 0 Å². The van der Waals surface area contributed by atoms with E-state index in [4.69, 9.17) is 0 Å². The van der Waals surface area contributed by atoms with Gasteiger partial charge in [0.05, 0.1) is 4.47 Å². The highest BCUT2D eigenvalue weighted by molar-refractivity contribution is 9.10. The highest BCUT2D eigenvalue weighted by Crippen LogP contribution is 2.14. The van der Waals surface area contributed by atoms with Crippen molar-refractivity contribution in [2.75, 3.05) is 0 Å². The van der Waals surface area contributed by atoms with E-state index in [-0.39, 0.29) is 5.43 Å². The molecule has 1 heterocycles. The first-order valence-corrected chi connectivity index (χ1v) is 7.75. The maximum atomic E-state index is 12.1. The Morgan fingerprint density at radius 1 is 1.00 bits per heavy atom. The third-order valence-corrected chi connectivity index (χ3v) is 4.37. The molecule has 0 fully saturated rings. The van der Waals surface area contributed by atoms with Crippen molar-refractivity contribution in [2.24, 2.45) is 0 Å². The Labute approximate surface area is 118 Å². The van der Waals surface area contributed by atoms with Gasteiger partial charge in [0.15, 0.2) is 5.43 Å². The van der Waals surface area contributed by atoms with Crippen LogP contribution in [0.25, 0.3) is 0 Å². The standard InChI is InChI=1S/C15H24BrNO/c1-4-5-6-7-8-9-10-13-11(2)17-12(3)14(16)15(13)18/h4-10H2,1-3H3,(H,17,18). The monoisotopic (exact) mass is 313 g/mol. The first kappa shape index (κ1) is 15.5. The molecule has 102 valence electrons. The summed E-state index contributed by atoms with van der Waals surface area (Å²) in [7, 11) is 0. The molecular formula is C15H24BrNO. The average molecular weight is 314 g/mol. The fourth-order valence-corrected chi connectivity index (χ4v) is 2.61. The molecule has 1 rings (SSSR count). The molecule has 0 aliphatic heterocycles. The summed E-state index contributed by atoms with van der Waals surface area (Å²) in [5.74, 6) is 0. The summed E-state index contributed by atoms with van der Waals surface area (Å²) in [6, 6.07) is 0. The maximum absolute atomic E-state index is 12.1. The highest BCUT2D eigenvalue weighted by Gasteiger charge is 2.09. The number of unbranched alkanes of at least 4 members (excludes halogenated alkanes) is 5. The number of H-pyrrole nitrogens is 1. The molecule has 0 saturated carbocycles. The van der Waals surface area contributed by atoms with Crippen LogP contribution in [0.2, 0.25) is 0 Å². The minimum Gasteiger partial charge on any atom is -0.361 e. The molecule has 1 aromatic heterocycles. The summed E-state index contributed by atoms with van der Waals surface area (Å²) in [6.45, 7) is 6.15. The molecule has 0 amide bonds. The van der Waals surface area contributed by atoms with Gasteiger partial charge in [0.1, 0.15) is 0 Å². The van der Waals surface area contributed by atoms with Gasteiger partial charge in [-0.2, -0.15) is 0 Å². The molecule has 0 aliphatic carbocycles. The molecule has 2 nitrogen and oxygen atoms in total. The average Bonchev–Trinajstić information content (AvgIpc) is 2.34. The van der Waals surface area contributed by atoms with Crippen molar-refractivity contribution in [1.29, 1.82) is 0 Å². The molecule has 0 aromatic carbocycles. The molecular weight excluding hydrogens is 290 g/mol. The Morgan fingerprint density at radius 2 is 1.61 bits per heavy atom. The molecule has 0 spiro atoms. The van der Waals surface area contributed by atoms with Crippen LogP contribution in [0, 0.1) is 13.8 Å². The van der Waals surface area contributed by atoms with Crippen molar-refractivity contribution in [3.05, 3.63) is 31.6 Å². The van der Waals surface area contributed by atoms with E-state index in [0.717, 1.165) is 29.8 Å². The van der Waals surface area contributed by atoms with Crippen LogP contribution in [0.3, 0.4) is 0 Å². The van der Waals surface area contributed by atoms with Gasteiger partial charge in [0.2, 0.25) is 0 Å². The van der Waals surface area contributed by atoms with E-state index in [0.29, 0.717) is 4.47 Å². The predicted molar refractivity (Wildman–Crippen MR) is 81.3 cm³/mol. The van der Waals surface area contributed by atoms with Crippen LogP contribution in [-0.4, -0.2) is 4.98 Å². The summed E-state index contributed by atoms with van der Waals surface area (Å²) >= 11 is 3.36. The number of nitrogens with one attached hydrogen (secondary N) is 1. The molecule has 1 aromatic rings. The lowest BCUT2D eigenvalue weighted by Crippen LogP contribution is -2.15. The van der Waals surface area contributed by atoms with Crippen molar-refractivity contribution in [1.82, 2.24) is 4.98 Å². The van der Waals surface area contributed by atoms with Crippen LogP contribution in [-0.2, 0) is 6.42 Å². The van der Waals surface area contributed by atoms with Gasteiger partial charge in [-0.3, -0.25) is 4.79 Å². The van der Waals surface area contributed by atoms with Crippen LogP contribution in [0.5, 0.6) is 0 Å².